The molecular formula is C21H22O10. The molecule has 10 nitrogen and oxygen atoms in total. The van der Waals surface area contributed by atoms with E-state index in [1.165, 1.54) is 24.3 Å². The second-order valence-electron chi connectivity index (χ2n) is 7.33. The molecule has 1 saturated heterocycles. The van der Waals surface area contributed by atoms with Gasteiger partial charge in [0.2, 0.25) is 6.29 Å². The smallest absolute Gasteiger partial charge is 0.228 e. The van der Waals surface area contributed by atoms with Crippen LogP contribution in [0.5, 0.6) is 23.0 Å². The van der Waals surface area contributed by atoms with E-state index in [9.17, 15) is 35.7 Å². The summed E-state index contributed by atoms with van der Waals surface area (Å²) in [6.07, 6.45) is -6.96. The predicted octanol–water partition coefficient (Wildman–Crippen LogP) is 0.0945. The Labute approximate surface area is 176 Å². The molecule has 0 radical (unpaired) electrons. The van der Waals surface area contributed by atoms with Gasteiger partial charge in [-0.15, -0.1) is 0 Å². The molecule has 0 saturated carbocycles. The lowest BCUT2D eigenvalue weighted by Gasteiger charge is -2.41. The highest BCUT2D eigenvalue weighted by molar-refractivity contribution is 5.69. The number of benzene rings is 2. The van der Waals surface area contributed by atoms with Crippen molar-refractivity contribution >= 4 is 6.08 Å². The molecule has 31 heavy (non-hydrogen) atoms. The molecule has 0 bridgehead atoms. The molecular weight excluding hydrogens is 412 g/mol. The molecule has 4 rings (SSSR count). The molecule has 1 fully saturated rings. The number of fused-ring (bicyclic) bond motifs is 1. The molecule has 6 atom stereocenters. The number of phenolic OH excluding ortho intramolecular Hbond substituents is 3. The van der Waals surface area contributed by atoms with E-state index in [4.69, 9.17) is 14.2 Å². The van der Waals surface area contributed by atoms with Crippen molar-refractivity contribution in [3.63, 3.8) is 0 Å². The third-order valence-corrected chi connectivity index (χ3v) is 5.19. The number of aliphatic hydroxyl groups excluding tert-OH is 4. The third-order valence-electron chi connectivity index (χ3n) is 5.19. The van der Waals surface area contributed by atoms with Gasteiger partial charge in [-0.1, -0.05) is 12.1 Å². The number of rotatable bonds is 4. The van der Waals surface area contributed by atoms with Crippen LogP contribution in [-0.4, -0.2) is 73.1 Å². The average Bonchev–Trinajstić information content (AvgIpc) is 2.74. The largest absolute Gasteiger partial charge is 0.508 e. The van der Waals surface area contributed by atoms with Crippen molar-refractivity contribution < 1.29 is 50.0 Å². The number of aliphatic hydroxyl groups is 4. The van der Waals surface area contributed by atoms with Gasteiger partial charge in [0.1, 0.15) is 53.2 Å². The Morgan fingerprint density at radius 1 is 0.871 bits per heavy atom. The van der Waals surface area contributed by atoms with Crippen LogP contribution in [0.25, 0.3) is 6.08 Å². The number of phenols is 3. The molecule has 0 spiro atoms. The SMILES string of the molecule is OC[C@H]1O[C@@H](OC2=Cc3c(O)cc(O)cc3OC2c2ccc(O)cc2)[C@H](O)[C@H](O)[C@H]1O. The minimum absolute atomic E-state index is 0.0237. The lowest BCUT2D eigenvalue weighted by atomic mass is 9.98. The summed E-state index contributed by atoms with van der Waals surface area (Å²) in [6, 6.07) is 8.42. The topological polar surface area (TPSA) is 169 Å². The fraction of sp³-hybridized carbons (Fsp3) is 0.333. The molecule has 0 aliphatic carbocycles. The van der Waals surface area contributed by atoms with Gasteiger partial charge in [-0.2, -0.15) is 0 Å². The van der Waals surface area contributed by atoms with Crippen LogP contribution >= 0.6 is 0 Å². The van der Waals surface area contributed by atoms with Crippen LogP contribution in [-0.2, 0) is 9.47 Å². The zero-order valence-electron chi connectivity index (χ0n) is 16.1. The third kappa shape index (κ3) is 3.99. The zero-order chi connectivity index (χ0) is 22.3. The lowest BCUT2D eigenvalue weighted by Crippen LogP contribution is -2.59. The summed E-state index contributed by atoms with van der Waals surface area (Å²) in [5.74, 6) is -0.239. The Morgan fingerprint density at radius 2 is 1.58 bits per heavy atom. The summed E-state index contributed by atoms with van der Waals surface area (Å²) in [5, 5.41) is 69.2. The van der Waals surface area contributed by atoms with Crippen LogP contribution in [0.2, 0.25) is 0 Å². The average molecular weight is 434 g/mol. The van der Waals surface area contributed by atoms with Gasteiger partial charge in [-0.3, -0.25) is 0 Å². The highest BCUT2D eigenvalue weighted by atomic mass is 16.7. The van der Waals surface area contributed by atoms with E-state index in [1.807, 2.05) is 0 Å². The molecule has 2 aliphatic heterocycles. The second-order valence-corrected chi connectivity index (χ2v) is 7.33. The molecule has 166 valence electrons. The first kappa shape index (κ1) is 21.2. The summed E-state index contributed by atoms with van der Waals surface area (Å²) in [6.45, 7) is -0.620. The van der Waals surface area contributed by atoms with Gasteiger partial charge in [0.05, 0.1) is 12.2 Å². The molecule has 7 N–H and O–H groups in total. The van der Waals surface area contributed by atoms with Crippen molar-refractivity contribution in [1.29, 1.82) is 0 Å². The summed E-state index contributed by atoms with van der Waals surface area (Å²) in [7, 11) is 0. The molecule has 2 aromatic carbocycles. The van der Waals surface area contributed by atoms with Crippen LogP contribution in [0.3, 0.4) is 0 Å². The minimum atomic E-state index is -1.64. The Balaban J connectivity index is 1.72. The Hall–Kier alpha value is -3.02. The summed E-state index contributed by atoms with van der Waals surface area (Å²) >= 11 is 0. The Bertz CT molecular complexity index is 971. The van der Waals surface area contributed by atoms with E-state index in [2.05, 4.69) is 0 Å². The first-order valence-electron chi connectivity index (χ1n) is 9.49. The van der Waals surface area contributed by atoms with Crippen molar-refractivity contribution in [2.45, 2.75) is 36.8 Å². The number of hydrogen-bond acceptors (Lipinski definition) is 10. The fourth-order valence-electron chi connectivity index (χ4n) is 3.52. The van der Waals surface area contributed by atoms with Gasteiger partial charge in [0.15, 0.2) is 6.10 Å². The van der Waals surface area contributed by atoms with Gasteiger partial charge in [-0.05, 0) is 18.2 Å². The molecule has 2 aliphatic rings. The van der Waals surface area contributed by atoms with Crippen molar-refractivity contribution in [3.8, 4) is 23.0 Å². The van der Waals surface area contributed by atoms with E-state index in [1.54, 1.807) is 12.1 Å². The predicted molar refractivity (Wildman–Crippen MR) is 104 cm³/mol. The molecule has 0 aromatic heterocycles. The van der Waals surface area contributed by atoms with Crippen molar-refractivity contribution in [2.75, 3.05) is 6.61 Å². The van der Waals surface area contributed by atoms with Gasteiger partial charge in [0, 0.05) is 17.7 Å². The Kier molecular flexibility index (Phi) is 5.65. The maximum atomic E-state index is 10.3. The molecule has 2 aromatic rings. The van der Waals surface area contributed by atoms with E-state index < -0.39 is 43.4 Å². The van der Waals surface area contributed by atoms with Gasteiger partial charge in [-0.25, -0.2) is 0 Å². The van der Waals surface area contributed by atoms with E-state index in [-0.39, 0.29) is 34.3 Å². The zero-order valence-corrected chi connectivity index (χ0v) is 16.1. The van der Waals surface area contributed by atoms with E-state index in [0.29, 0.717) is 5.56 Å². The molecule has 0 amide bonds. The fourth-order valence-corrected chi connectivity index (χ4v) is 3.52. The monoisotopic (exact) mass is 434 g/mol. The highest BCUT2D eigenvalue weighted by Gasteiger charge is 2.45. The van der Waals surface area contributed by atoms with Gasteiger partial charge in [0.25, 0.3) is 0 Å². The van der Waals surface area contributed by atoms with Crippen molar-refractivity contribution in [2.24, 2.45) is 0 Å². The maximum absolute atomic E-state index is 10.3. The quantitative estimate of drug-likeness (QED) is 0.350. The van der Waals surface area contributed by atoms with Crippen LogP contribution in [0.1, 0.15) is 17.2 Å². The maximum Gasteiger partial charge on any atom is 0.228 e. The van der Waals surface area contributed by atoms with Gasteiger partial charge < -0.3 is 50.0 Å². The summed E-state index contributed by atoms with van der Waals surface area (Å²) in [5.41, 5.74) is 0.731. The first-order chi connectivity index (χ1) is 14.8. The normalized spacial score (nSPS) is 30.1. The standard InChI is InChI=1S/C21H22O10/c22-8-16-17(26)18(27)19(28)21(31-16)30-15-7-12-13(25)5-11(24)6-14(12)29-20(15)9-1-3-10(23)4-2-9/h1-7,16-28H,8H2/t16-,17+,18-,19-,20?,21-/m1/s1. The Morgan fingerprint density at radius 3 is 2.26 bits per heavy atom. The summed E-state index contributed by atoms with van der Waals surface area (Å²) in [4.78, 5) is 0. The number of ether oxygens (including phenoxy) is 3. The minimum Gasteiger partial charge on any atom is -0.508 e. The van der Waals surface area contributed by atoms with Crippen molar-refractivity contribution in [3.05, 3.63) is 53.3 Å². The second kappa shape index (κ2) is 8.25. The van der Waals surface area contributed by atoms with Crippen LogP contribution < -0.4 is 4.74 Å². The van der Waals surface area contributed by atoms with E-state index >= 15 is 0 Å². The first-order valence-corrected chi connectivity index (χ1v) is 9.49. The van der Waals surface area contributed by atoms with E-state index in [0.717, 1.165) is 6.07 Å². The lowest BCUT2D eigenvalue weighted by molar-refractivity contribution is -0.293. The van der Waals surface area contributed by atoms with Crippen LogP contribution in [0.4, 0.5) is 0 Å². The number of aromatic hydroxyl groups is 3. The van der Waals surface area contributed by atoms with Crippen molar-refractivity contribution in [1.82, 2.24) is 0 Å². The molecule has 10 heteroatoms. The van der Waals surface area contributed by atoms with Crippen LogP contribution in [0, 0.1) is 0 Å². The summed E-state index contributed by atoms with van der Waals surface area (Å²) < 4.78 is 17.1. The number of hydrogen-bond donors (Lipinski definition) is 7. The van der Waals surface area contributed by atoms with Crippen LogP contribution in [0.15, 0.2) is 42.2 Å². The molecule has 1 unspecified atom stereocenters. The van der Waals surface area contributed by atoms with Gasteiger partial charge >= 0.3 is 0 Å². The molecule has 2 heterocycles. The highest BCUT2D eigenvalue weighted by Crippen LogP contribution is 2.44.